The Morgan fingerprint density at radius 2 is 0.882 bits per heavy atom. The molecule has 4 fully saturated rings. The maximum Gasteiger partial charge on any atom is 0.410 e. The highest BCUT2D eigenvalue weighted by Crippen LogP contribution is 2.27. The lowest BCUT2D eigenvalue weighted by Crippen LogP contribution is -2.41. The van der Waals surface area contributed by atoms with Crippen molar-refractivity contribution in [2.24, 2.45) is 23.7 Å². The minimum atomic E-state index is -4.00. The summed E-state index contributed by atoms with van der Waals surface area (Å²) in [5, 5.41) is 18.2. The first-order valence-electron chi connectivity index (χ1n) is 40.0. The number of ether oxygens (including phenoxy) is 5. The van der Waals surface area contributed by atoms with Crippen molar-refractivity contribution < 1.29 is 106 Å². The number of pyridine rings is 1. The molecule has 0 radical (unpaired) electrons. The van der Waals surface area contributed by atoms with Crippen LogP contribution in [-0.2, 0) is 42.9 Å². The van der Waals surface area contributed by atoms with Crippen molar-refractivity contribution in [3.63, 3.8) is 0 Å². The topological polar surface area (TPSA) is 195 Å². The smallest absolute Gasteiger partial charge is 0.410 e. The number of aliphatic hydroxyl groups is 2. The normalized spacial score (nSPS) is 12.5. The van der Waals surface area contributed by atoms with Gasteiger partial charge in [0, 0.05) is 132 Å². The molecule has 0 spiro atoms. The summed E-state index contributed by atoms with van der Waals surface area (Å²) in [5.41, 5.74) is 2.80. The first-order valence-corrected chi connectivity index (χ1v) is 40.9. The average Bonchev–Trinajstić information content (AvgIpc) is 1.65. The van der Waals surface area contributed by atoms with Crippen LogP contribution in [-0.4, -0.2) is 198 Å². The monoisotopic (exact) mass is 1750 g/mol. The van der Waals surface area contributed by atoms with E-state index in [4.69, 9.17) is 24.4 Å². The molecule has 2 aromatic heterocycles. The number of thiophene rings is 1. The van der Waals surface area contributed by atoms with E-state index in [9.17, 15) is 72.3 Å². The van der Waals surface area contributed by atoms with Gasteiger partial charge in [-0.15, -0.1) is 11.3 Å². The van der Waals surface area contributed by atoms with Crippen molar-refractivity contribution in [1.82, 2.24) is 19.7 Å². The first-order chi connectivity index (χ1) is 54.0. The molecule has 2 N–H and O–H groups in total. The summed E-state index contributed by atoms with van der Waals surface area (Å²) in [4.78, 5) is 61.4. The Morgan fingerprint density at radius 3 is 1.03 bits per heavy atom. The van der Waals surface area contributed by atoms with Crippen LogP contribution < -0.4 is 0 Å². The van der Waals surface area contributed by atoms with Gasteiger partial charge in [0.2, 0.25) is 18.8 Å². The largest absolute Gasteiger partial charge is 0.469 e. The molecular formula is C91H171F11N4O12S. The van der Waals surface area contributed by atoms with E-state index >= 15 is 0 Å². The van der Waals surface area contributed by atoms with Crippen molar-refractivity contribution in [1.29, 1.82) is 0 Å². The number of aryl methyl sites for hydroxylation is 4. The molecule has 119 heavy (non-hydrogen) atoms. The van der Waals surface area contributed by atoms with Gasteiger partial charge in [0.1, 0.15) is 23.0 Å². The van der Waals surface area contributed by atoms with Crippen LogP contribution in [0.15, 0.2) is 96.6 Å². The number of carbonyl (C=O) groups excluding carboxylic acids is 5. The number of methoxy groups -OCH3 is 2. The van der Waals surface area contributed by atoms with Crippen LogP contribution in [0.25, 0.3) is 0 Å². The summed E-state index contributed by atoms with van der Waals surface area (Å²) >= 11 is 1.78. The lowest BCUT2D eigenvalue weighted by molar-refractivity contribution is -0.138. The van der Waals surface area contributed by atoms with Gasteiger partial charge in [-0.2, -0.15) is 26.3 Å². The number of hydrogen-bond acceptors (Lipinski definition) is 15. The summed E-state index contributed by atoms with van der Waals surface area (Å²) in [6.07, 6.45) is 0.0234. The highest BCUT2D eigenvalue weighted by Gasteiger charge is 2.25. The van der Waals surface area contributed by atoms with Gasteiger partial charge in [0.15, 0.2) is 0 Å². The number of rotatable bonds is 2. The van der Waals surface area contributed by atoms with Gasteiger partial charge in [-0.25, -0.2) is 26.7 Å². The second kappa shape index (κ2) is 101. The van der Waals surface area contributed by atoms with E-state index in [1.54, 1.807) is 98.8 Å². The molecule has 2 aromatic carbocycles. The van der Waals surface area contributed by atoms with Crippen molar-refractivity contribution >= 4 is 40.9 Å². The average molecular weight is 1750 g/mol. The fourth-order valence-electron chi connectivity index (χ4n) is 5.01. The zero-order valence-corrected chi connectivity index (χ0v) is 80.3. The number of likely N-dealkylation sites (tertiary alicyclic amines) is 1. The Morgan fingerprint density at radius 1 is 0.597 bits per heavy atom. The van der Waals surface area contributed by atoms with Crippen LogP contribution >= 0.6 is 11.3 Å². The number of Topliss-reactive ketones (excluding diaryl/α,β-unsaturated/α-hetero) is 2. The third kappa shape index (κ3) is 223. The van der Waals surface area contributed by atoms with Crippen LogP contribution in [0.2, 0.25) is 0 Å². The molecule has 16 nitrogen and oxygen atoms in total. The van der Waals surface area contributed by atoms with Gasteiger partial charge < -0.3 is 58.2 Å². The molecule has 1 saturated carbocycles. The number of aliphatic hydroxyl groups excluding tert-OH is 1. The number of likely N-dealkylation sites (N-methyl/N-ethyl adjacent to an activating group) is 1. The Bertz CT molecular complexity index is 2500. The molecule has 5 heterocycles. The molecule has 4 aromatic rings. The molecule has 0 unspecified atom stereocenters. The summed E-state index contributed by atoms with van der Waals surface area (Å²) < 4.78 is 142. The Labute approximate surface area is 721 Å². The second-order valence-electron chi connectivity index (χ2n) is 29.7. The fraction of sp³-hybridized carbons (Fsp3) is 0.714. The molecule has 2 amide bonds. The minimum Gasteiger partial charge on any atom is -0.469 e. The zero-order chi connectivity index (χ0) is 95.7. The number of nitrogens with zero attached hydrogens (tertiary/aromatic N) is 4. The number of esters is 1. The quantitative estimate of drug-likeness (QED) is 0.142. The maximum absolute atomic E-state index is 12.1. The van der Waals surface area contributed by atoms with Gasteiger partial charge in [-0.3, -0.25) is 14.6 Å². The Balaban J connectivity index is -0.0000000820. The third-order valence-corrected chi connectivity index (χ3v) is 12.4. The van der Waals surface area contributed by atoms with Crippen LogP contribution in [0.4, 0.5) is 53.1 Å². The number of morpholine rings is 1. The van der Waals surface area contributed by atoms with Crippen LogP contribution in [0.3, 0.4) is 0 Å². The van der Waals surface area contributed by atoms with E-state index in [2.05, 4.69) is 125 Å². The third-order valence-electron chi connectivity index (χ3n) is 11.6. The number of hydrogen-bond donors (Lipinski definition) is 2. The summed E-state index contributed by atoms with van der Waals surface area (Å²) in [6, 6.07) is 24.8. The first kappa shape index (κ1) is 144. The number of aromatic nitrogens is 1. The number of carbonyl (C=O) groups is 5. The van der Waals surface area contributed by atoms with Crippen LogP contribution in [0.5, 0.6) is 0 Å². The standard InChI is InChI=1S/C11H21NO2.C7H7F.C7H8.C6H7N.C6H12O.C5H11NO.C5H6S.C4H9NO.C4H10O.C4H8O.C4H8.C4H10.C3H5F3.C3H6F2.C3H6O2.C3H6O.C3H8.C2H3F3.C2H4F2.2C2H6O.CH4/c1-9-5-7-12(8-6-9)10(13)14-11(2,3)4;1-6-2-4-7(8)5-3-6;1-7-5-3-2-4-6-7;3*1-6-2-4-7-5-3-6;1-5-3-2-4-6-5;1-4(6)5(2)3;1-4(2,3)5;1-3-4(2)5;1-4-2-3-4;1-4(2)3;1-2-3(4,5)6;1-2-3(4)5;1-3(4)5-2;1-3(2)4;1-3-2;1-2(3,4)5;1-2(3)4;1-3-2;1-2-3;/h9H,5-8H2,1-4H3;2-5H,1H3;2-6H,1H3;2-5H,1H3;6H,2-5H2,1H3;2-5H2,1H3;2-4H,1H3;1-3H3;5H,1-3H3;3H2,1-2H3;4H,2-3H2,1H3;4H,1-3H3;2H2,1H3;3H,2H2,1H3;1-2H3;1-2H3;3H2,1-2H3;1H3;2H,1H3;1-2H3;3H,2H2,1H3;1H4. The molecule has 0 atom stereocenters. The molecule has 0 bridgehead atoms. The molecule has 710 valence electrons. The molecule has 28 heteroatoms. The van der Waals surface area contributed by atoms with Gasteiger partial charge in [-0.1, -0.05) is 163 Å². The molecule has 3 saturated heterocycles. The van der Waals surface area contributed by atoms with Crippen molar-refractivity contribution in [3.05, 3.63) is 124 Å². The Kier molecular flexibility index (Phi) is 122. The van der Waals surface area contributed by atoms with Gasteiger partial charge in [0.25, 0.3) is 0 Å². The molecule has 1 aliphatic carbocycles. The van der Waals surface area contributed by atoms with E-state index in [0.29, 0.717) is 6.42 Å². The minimum absolute atomic E-state index is 0. The predicted octanol–water partition coefficient (Wildman–Crippen LogP) is 26.1. The number of amides is 2. The Hall–Kier alpha value is -6.17. The lowest BCUT2D eigenvalue weighted by atomic mass is 10.00. The summed E-state index contributed by atoms with van der Waals surface area (Å²) in [5.74, 6) is 3.67. The van der Waals surface area contributed by atoms with Crippen molar-refractivity contribution in [3.8, 4) is 0 Å². The molecular weight excluding hydrogens is 1580 g/mol. The van der Waals surface area contributed by atoms with Gasteiger partial charge in [-0.05, 0) is 202 Å². The predicted molar refractivity (Wildman–Crippen MR) is 479 cm³/mol. The number of alkyl halides is 10. The van der Waals surface area contributed by atoms with Crippen LogP contribution in [0, 0.1) is 57.2 Å². The lowest BCUT2D eigenvalue weighted by Gasteiger charge is -2.32. The SMILES string of the molecule is C.CC(=O)N(C)C.CC(C)(C)O.CC(C)=O.CC(C)C.CC(F)(F)F.CC(F)F.CC1CC1.CC1CCN(C(=O)OC(C)(C)C)CC1.CC1CCOCC1.CCC.CCC(C)=O.CCC(F)(F)F.CCC(F)F.CCO.CN1CCOCC1.COC.COC(C)=O.Cc1ccc(F)cc1.Cc1ccccc1.Cc1cccs1.Cc1ccncc1. The van der Waals surface area contributed by atoms with Crippen molar-refractivity contribution in [2.45, 2.75) is 309 Å². The number of benzene rings is 2. The van der Waals surface area contributed by atoms with E-state index < -0.39 is 37.2 Å². The fourth-order valence-corrected chi connectivity index (χ4v) is 5.54. The maximum atomic E-state index is 12.1. The highest BCUT2D eigenvalue weighted by atomic mass is 32.1. The highest BCUT2D eigenvalue weighted by molar-refractivity contribution is 7.09. The number of halogens is 11. The zero-order valence-electron chi connectivity index (χ0n) is 79.5. The summed E-state index contributed by atoms with van der Waals surface area (Å²) in [6.45, 7) is 59.2. The number of ketones is 2. The van der Waals surface area contributed by atoms with E-state index in [0.717, 1.165) is 109 Å². The van der Waals surface area contributed by atoms with Gasteiger partial charge in [0.05, 0.1) is 25.9 Å². The van der Waals surface area contributed by atoms with Crippen LogP contribution in [0.1, 0.15) is 266 Å². The summed E-state index contributed by atoms with van der Waals surface area (Å²) in [7, 11) is 10.2. The molecule has 8 rings (SSSR count). The van der Waals surface area contributed by atoms with E-state index in [-0.39, 0.29) is 68.3 Å². The molecule has 4 aliphatic rings. The number of piperidine rings is 1. The van der Waals surface area contributed by atoms with E-state index in [1.807, 2.05) is 76.8 Å². The van der Waals surface area contributed by atoms with Crippen molar-refractivity contribution in [2.75, 3.05) is 102 Å². The molecule has 3 aliphatic heterocycles. The van der Waals surface area contributed by atoms with Gasteiger partial charge >= 0.3 is 24.4 Å². The second-order valence-corrected chi connectivity index (χ2v) is 30.9. The van der Waals surface area contributed by atoms with E-state index in [1.165, 1.54) is 107 Å².